The molecule has 3 aliphatic heterocycles. The molecule has 0 saturated carbocycles. The van der Waals surface area contributed by atoms with E-state index in [1.165, 1.54) is 12.4 Å². The van der Waals surface area contributed by atoms with Crippen LogP contribution >= 0.6 is 0 Å². The molecule has 3 aliphatic rings. The molecule has 0 bridgehead atoms. The highest BCUT2D eigenvalue weighted by molar-refractivity contribution is 5.92. The third kappa shape index (κ3) is 3.25. The molecule has 1 unspecified atom stereocenters. The van der Waals surface area contributed by atoms with Crippen LogP contribution in [0.25, 0.3) is 0 Å². The molecule has 0 aromatic carbocycles. The van der Waals surface area contributed by atoms with E-state index in [-0.39, 0.29) is 23.5 Å². The number of carbonyl (C=O) groups excluding carboxylic acids is 2. The van der Waals surface area contributed by atoms with Crippen molar-refractivity contribution in [1.29, 1.82) is 0 Å². The van der Waals surface area contributed by atoms with E-state index in [0.717, 1.165) is 51.6 Å². The number of carbonyl (C=O) groups is 2. The quantitative estimate of drug-likeness (QED) is 0.807. The molecule has 1 atom stereocenters. The van der Waals surface area contributed by atoms with Gasteiger partial charge in [-0.2, -0.15) is 0 Å². The third-order valence-corrected chi connectivity index (χ3v) is 5.69. The second kappa shape index (κ2) is 6.71. The van der Waals surface area contributed by atoms with E-state index in [0.29, 0.717) is 18.8 Å². The molecule has 25 heavy (non-hydrogen) atoms. The van der Waals surface area contributed by atoms with Crippen molar-refractivity contribution in [1.82, 2.24) is 19.8 Å². The second-order valence-corrected chi connectivity index (χ2v) is 7.24. The highest BCUT2D eigenvalue weighted by Gasteiger charge is 2.46. The molecule has 3 saturated heterocycles. The fraction of sp³-hybridized carbons (Fsp3) is 0.667. The van der Waals surface area contributed by atoms with E-state index in [4.69, 9.17) is 4.74 Å². The molecule has 1 aromatic heterocycles. The standard InChI is InChI=1S/C18H24N4O3/c23-16(14-13-19-7-8-20-14)22-11-5-18(6-12-22)4-3-15(25-18)17(24)21-9-1-2-10-21/h7-8,13,15H,1-6,9-12H2. The van der Waals surface area contributed by atoms with Gasteiger partial charge in [-0.15, -0.1) is 0 Å². The number of aromatic nitrogens is 2. The molecule has 7 heteroatoms. The molecular formula is C18H24N4O3. The fourth-order valence-electron chi connectivity index (χ4n) is 4.19. The van der Waals surface area contributed by atoms with Gasteiger partial charge in [0, 0.05) is 38.6 Å². The summed E-state index contributed by atoms with van der Waals surface area (Å²) in [4.78, 5) is 36.8. The lowest BCUT2D eigenvalue weighted by Crippen LogP contribution is -2.48. The Labute approximate surface area is 147 Å². The van der Waals surface area contributed by atoms with Crippen LogP contribution in [0.15, 0.2) is 18.6 Å². The number of likely N-dealkylation sites (tertiary alicyclic amines) is 2. The highest BCUT2D eigenvalue weighted by atomic mass is 16.5. The largest absolute Gasteiger partial charge is 0.362 e. The Morgan fingerprint density at radius 2 is 1.80 bits per heavy atom. The van der Waals surface area contributed by atoms with Crippen LogP contribution in [0.2, 0.25) is 0 Å². The fourth-order valence-corrected chi connectivity index (χ4v) is 4.19. The third-order valence-electron chi connectivity index (χ3n) is 5.69. The van der Waals surface area contributed by atoms with E-state index >= 15 is 0 Å². The topological polar surface area (TPSA) is 75.6 Å². The molecule has 4 heterocycles. The minimum Gasteiger partial charge on any atom is -0.362 e. The molecule has 1 aromatic rings. The van der Waals surface area contributed by atoms with Gasteiger partial charge in [0.1, 0.15) is 11.8 Å². The van der Waals surface area contributed by atoms with Gasteiger partial charge in [-0.1, -0.05) is 0 Å². The van der Waals surface area contributed by atoms with Crippen molar-refractivity contribution in [2.45, 2.75) is 50.2 Å². The normalized spacial score (nSPS) is 25.5. The smallest absolute Gasteiger partial charge is 0.274 e. The number of amides is 2. The lowest BCUT2D eigenvalue weighted by Gasteiger charge is -2.39. The molecule has 134 valence electrons. The SMILES string of the molecule is O=C(c1cnccn1)N1CCC2(CCC(C(=O)N3CCCC3)O2)CC1. The maximum absolute atomic E-state index is 12.6. The molecule has 2 amide bonds. The van der Waals surface area contributed by atoms with Crippen molar-refractivity contribution in [2.24, 2.45) is 0 Å². The van der Waals surface area contributed by atoms with Crippen LogP contribution in [0.3, 0.4) is 0 Å². The first-order valence-corrected chi connectivity index (χ1v) is 9.19. The van der Waals surface area contributed by atoms with E-state index in [9.17, 15) is 9.59 Å². The van der Waals surface area contributed by atoms with Gasteiger partial charge in [0.25, 0.3) is 11.8 Å². The molecule has 0 radical (unpaired) electrons. The van der Waals surface area contributed by atoms with Crippen LogP contribution in [0.4, 0.5) is 0 Å². The van der Waals surface area contributed by atoms with E-state index in [1.54, 1.807) is 6.20 Å². The van der Waals surface area contributed by atoms with Gasteiger partial charge >= 0.3 is 0 Å². The summed E-state index contributed by atoms with van der Waals surface area (Å²) in [5, 5.41) is 0. The van der Waals surface area contributed by atoms with Gasteiger partial charge in [-0.05, 0) is 38.5 Å². The van der Waals surface area contributed by atoms with Crippen LogP contribution in [0.5, 0.6) is 0 Å². The van der Waals surface area contributed by atoms with Gasteiger partial charge in [-0.3, -0.25) is 14.6 Å². The average Bonchev–Trinajstić information content (AvgIpc) is 3.33. The van der Waals surface area contributed by atoms with Crippen molar-refractivity contribution in [3.8, 4) is 0 Å². The number of piperidine rings is 1. The first-order valence-electron chi connectivity index (χ1n) is 9.19. The van der Waals surface area contributed by atoms with Crippen molar-refractivity contribution in [3.05, 3.63) is 24.3 Å². The molecule has 3 fully saturated rings. The van der Waals surface area contributed by atoms with E-state index < -0.39 is 0 Å². The van der Waals surface area contributed by atoms with E-state index in [2.05, 4.69) is 9.97 Å². The first kappa shape index (κ1) is 16.4. The van der Waals surface area contributed by atoms with Gasteiger partial charge in [-0.25, -0.2) is 4.98 Å². The molecule has 4 rings (SSSR count). The summed E-state index contributed by atoms with van der Waals surface area (Å²) in [5.41, 5.74) is 0.145. The Morgan fingerprint density at radius 3 is 2.48 bits per heavy atom. The summed E-state index contributed by atoms with van der Waals surface area (Å²) in [7, 11) is 0. The summed E-state index contributed by atoms with van der Waals surface area (Å²) >= 11 is 0. The average molecular weight is 344 g/mol. The Hall–Kier alpha value is -2.02. The summed E-state index contributed by atoms with van der Waals surface area (Å²) in [6, 6.07) is 0. The maximum Gasteiger partial charge on any atom is 0.274 e. The van der Waals surface area contributed by atoms with Gasteiger partial charge < -0.3 is 14.5 Å². The summed E-state index contributed by atoms with van der Waals surface area (Å²) in [5.74, 6) is 0.0816. The Balaban J connectivity index is 1.34. The number of ether oxygens (including phenoxy) is 1. The predicted molar refractivity (Wildman–Crippen MR) is 89.8 cm³/mol. The molecule has 0 aliphatic carbocycles. The number of hydrogen-bond acceptors (Lipinski definition) is 5. The van der Waals surface area contributed by atoms with Crippen LogP contribution in [-0.2, 0) is 9.53 Å². The molecular weight excluding hydrogens is 320 g/mol. The Kier molecular flexibility index (Phi) is 4.41. The number of nitrogens with zero attached hydrogens (tertiary/aromatic N) is 4. The second-order valence-electron chi connectivity index (χ2n) is 7.24. The highest BCUT2D eigenvalue weighted by Crippen LogP contribution is 2.39. The van der Waals surface area contributed by atoms with Crippen molar-refractivity contribution >= 4 is 11.8 Å². The molecule has 7 nitrogen and oxygen atoms in total. The van der Waals surface area contributed by atoms with Crippen molar-refractivity contribution in [3.63, 3.8) is 0 Å². The Bertz CT molecular complexity index is 637. The zero-order valence-electron chi connectivity index (χ0n) is 14.4. The van der Waals surface area contributed by atoms with Crippen molar-refractivity contribution < 1.29 is 14.3 Å². The zero-order valence-corrected chi connectivity index (χ0v) is 14.4. The van der Waals surface area contributed by atoms with Gasteiger partial charge in [0.2, 0.25) is 0 Å². The lowest BCUT2D eigenvalue weighted by molar-refractivity contribution is -0.149. The minimum absolute atomic E-state index is 0.0781. The number of rotatable bonds is 2. The zero-order chi connectivity index (χ0) is 17.3. The lowest BCUT2D eigenvalue weighted by atomic mass is 9.88. The number of hydrogen-bond donors (Lipinski definition) is 0. The minimum atomic E-state index is -0.291. The predicted octanol–water partition coefficient (Wildman–Crippen LogP) is 1.25. The monoisotopic (exact) mass is 344 g/mol. The van der Waals surface area contributed by atoms with Crippen molar-refractivity contribution in [2.75, 3.05) is 26.2 Å². The first-order chi connectivity index (χ1) is 12.2. The van der Waals surface area contributed by atoms with Gasteiger partial charge in [0.05, 0.1) is 11.8 Å². The van der Waals surface area contributed by atoms with Crippen LogP contribution in [0.1, 0.15) is 49.0 Å². The molecule has 0 N–H and O–H groups in total. The summed E-state index contributed by atoms with van der Waals surface area (Å²) < 4.78 is 6.24. The maximum atomic E-state index is 12.6. The van der Waals surface area contributed by atoms with Crippen LogP contribution in [0, 0.1) is 0 Å². The van der Waals surface area contributed by atoms with Crippen LogP contribution in [-0.4, -0.2) is 69.5 Å². The Morgan fingerprint density at radius 1 is 1.04 bits per heavy atom. The molecule has 1 spiro atoms. The summed E-state index contributed by atoms with van der Waals surface area (Å²) in [6.07, 6.45) is 9.78. The summed E-state index contributed by atoms with van der Waals surface area (Å²) in [6.45, 7) is 3.01. The van der Waals surface area contributed by atoms with Gasteiger partial charge in [0.15, 0.2) is 0 Å². The van der Waals surface area contributed by atoms with E-state index in [1.807, 2.05) is 9.80 Å². The van der Waals surface area contributed by atoms with Crippen LogP contribution < -0.4 is 0 Å².